The Bertz CT molecular complexity index is 265. The van der Waals surface area contributed by atoms with Crippen molar-refractivity contribution in [2.45, 2.75) is 59.5 Å². The first kappa shape index (κ1) is 14.5. The van der Waals surface area contributed by atoms with Gasteiger partial charge in [-0.05, 0) is 34.1 Å². The SMILES string of the molecule is CCC(C)(C)C(=O)OC(C)(C)C1CC[NH2+]CC1. The number of piperidine rings is 1. The van der Waals surface area contributed by atoms with Crippen LogP contribution in [-0.4, -0.2) is 24.7 Å². The minimum atomic E-state index is -0.363. The minimum Gasteiger partial charge on any atom is -0.459 e. The van der Waals surface area contributed by atoms with Crippen molar-refractivity contribution in [3.8, 4) is 0 Å². The summed E-state index contributed by atoms with van der Waals surface area (Å²) in [5.41, 5.74) is -0.685. The first-order valence-electron chi connectivity index (χ1n) is 6.84. The largest absolute Gasteiger partial charge is 0.459 e. The third kappa shape index (κ3) is 3.70. The van der Waals surface area contributed by atoms with Crippen LogP contribution >= 0.6 is 0 Å². The van der Waals surface area contributed by atoms with Gasteiger partial charge in [-0.15, -0.1) is 0 Å². The van der Waals surface area contributed by atoms with Crippen LogP contribution in [0, 0.1) is 11.3 Å². The van der Waals surface area contributed by atoms with Gasteiger partial charge in [-0.2, -0.15) is 0 Å². The second-order valence-corrected chi connectivity index (χ2v) is 6.37. The van der Waals surface area contributed by atoms with E-state index in [9.17, 15) is 4.79 Å². The Morgan fingerprint density at radius 1 is 1.24 bits per heavy atom. The van der Waals surface area contributed by atoms with E-state index in [-0.39, 0.29) is 17.0 Å². The van der Waals surface area contributed by atoms with Gasteiger partial charge in [0.1, 0.15) is 5.60 Å². The average molecular weight is 242 g/mol. The highest BCUT2D eigenvalue weighted by molar-refractivity contribution is 5.76. The summed E-state index contributed by atoms with van der Waals surface area (Å²) in [6, 6.07) is 0. The molecule has 1 aliphatic rings. The van der Waals surface area contributed by atoms with Crippen LogP contribution in [0.15, 0.2) is 0 Å². The maximum Gasteiger partial charge on any atom is 0.312 e. The summed E-state index contributed by atoms with van der Waals surface area (Å²) in [5, 5.41) is 2.34. The zero-order valence-corrected chi connectivity index (χ0v) is 12.0. The van der Waals surface area contributed by atoms with Crippen molar-refractivity contribution in [3.63, 3.8) is 0 Å². The van der Waals surface area contributed by atoms with Gasteiger partial charge in [-0.1, -0.05) is 6.92 Å². The van der Waals surface area contributed by atoms with Crippen molar-refractivity contribution < 1.29 is 14.8 Å². The van der Waals surface area contributed by atoms with Crippen molar-refractivity contribution in [1.29, 1.82) is 0 Å². The van der Waals surface area contributed by atoms with E-state index in [4.69, 9.17) is 4.74 Å². The summed E-state index contributed by atoms with van der Waals surface area (Å²) < 4.78 is 5.78. The highest BCUT2D eigenvalue weighted by Gasteiger charge is 2.38. The Kier molecular flexibility index (Phi) is 4.59. The minimum absolute atomic E-state index is 0.0560. The molecule has 1 aliphatic heterocycles. The molecule has 0 amide bonds. The first-order chi connectivity index (χ1) is 7.79. The number of esters is 1. The normalized spacial score (nSPS) is 19.1. The number of rotatable bonds is 4. The van der Waals surface area contributed by atoms with Crippen LogP contribution < -0.4 is 5.32 Å². The number of hydrogen-bond acceptors (Lipinski definition) is 2. The van der Waals surface area contributed by atoms with Gasteiger partial charge in [0.15, 0.2) is 0 Å². The van der Waals surface area contributed by atoms with Crippen molar-refractivity contribution in [2.24, 2.45) is 11.3 Å². The van der Waals surface area contributed by atoms with Crippen molar-refractivity contribution in [1.82, 2.24) is 0 Å². The van der Waals surface area contributed by atoms with Gasteiger partial charge in [-0.25, -0.2) is 0 Å². The fourth-order valence-corrected chi connectivity index (χ4v) is 2.23. The maximum atomic E-state index is 12.1. The molecule has 3 heteroatoms. The number of carbonyl (C=O) groups excluding carboxylic acids is 1. The van der Waals surface area contributed by atoms with Crippen LogP contribution in [0.5, 0.6) is 0 Å². The molecular formula is C14H28NO2+. The second-order valence-electron chi connectivity index (χ2n) is 6.37. The molecule has 0 saturated carbocycles. The van der Waals surface area contributed by atoms with Gasteiger partial charge >= 0.3 is 5.97 Å². The van der Waals surface area contributed by atoms with Crippen LogP contribution in [0.25, 0.3) is 0 Å². The summed E-state index contributed by atoms with van der Waals surface area (Å²) in [6.45, 7) is 12.4. The molecular weight excluding hydrogens is 214 g/mol. The molecule has 3 nitrogen and oxygen atoms in total. The van der Waals surface area contributed by atoms with Gasteiger partial charge in [0.25, 0.3) is 0 Å². The highest BCUT2D eigenvalue weighted by Crippen LogP contribution is 2.31. The second kappa shape index (κ2) is 5.38. The van der Waals surface area contributed by atoms with Crippen LogP contribution in [-0.2, 0) is 9.53 Å². The molecule has 0 spiro atoms. The number of nitrogens with two attached hydrogens (primary N) is 1. The van der Waals surface area contributed by atoms with E-state index in [1.807, 2.05) is 20.8 Å². The Morgan fingerprint density at radius 2 is 1.76 bits per heavy atom. The van der Waals surface area contributed by atoms with Crippen molar-refractivity contribution in [2.75, 3.05) is 13.1 Å². The van der Waals surface area contributed by atoms with Crippen molar-refractivity contribution in [3.05, 3.63) is 0 Å². The summed E-state index contributed by atoms with van der Waals surface area (Å²) in [4.78, 5) is 12.1. The van der Waals surface area contributed by atoms with Gasteiger partial charge in [0.05, 0.1) is 18.5 Å². The molecule has 0 unspecified atom stereocenters. The molecule has 1 rings (SSSR count). The Morgan fingerprint density at radius 3 is 2.24 bits per heavy atom. The molecule has 1 heterocycles. The lowest BCUT2D eigenvalue weighted by Gasteiger charge is -2.37. The van der Waals surface area contributed by atoms with Gasteiger partial charge in [0, 0.05) is 18.8 Å². The lowest BCUT2D eigenvalue weighted by Crippen LogP contribution is -2.86. The van der Waals surface area contributed by atoms with Crippen molar-refractivity contribution >= 4 is 5.97 Å². The number of quaternary nitrogens is 1. The van der Waals surface area contributed by atoms with E-state index in [2.05, 4.69) is 19.2 Å². The average Bonchev–Trinajstić information content (AvgIpc) is 2.29. The van der Waals surface area contributed by atoms with E-state index in [0.717, 1.165) is 32.4 Å². The Balaban J connectivity index is 2.61. The summed E-state index contributed by atoms with van der Waals surface area (Å²) in [6.07, 6.45) is 3.11. The van der Waals surface area contributed by atoms with Gasteiger partial charge in [-0.3, -0.25) is 4.79 Å². The molecule has 0 aromatic carbocycles. The molecule has 0 aromatic heterocycles. The standard InChI is InChI=1S/C14H27NO2/c1-6-13(2,3)12(16)17-14(4,5)11-7-9-15-10-8-11/h11,15H,6-10H2,1-5H3/p+1. The van der Waals surface area contributed by atoms with E-state index >= 15 is 0 Å². The number of carbonyl (C=O) groups is 1. The van der Waals surface area contributed by atoms with Gasteiger partial charge < -0.3 is 10.1 Å². The van der Waals surface area contributed by atoms with Gasteiger partial charge in [0.2, 0.25) is 0 Å². The van der Waals surface area contributed by atoms with Crippen LogP contribution in [0.1, 0.15) is 53.9 Å². The highest BCUT2D eigenvalue weighted by atomic mass is 16.6. The molecule has 100 valence electrons. The van der Waals surface area contributed by atoms with Crippen LogP contribution in [0.4, 0.5) is 0 Å². The first-order valence-corrected chi connectivity index (χ1v) is 6.84. The Hall–Kier alpha value is -0.570. The predicted molar refractivity (Wildman–Crippen MR) is 68.6 cm³/mol. The monoisotopic (exact) mass is 242 g/mol. The molecule has 17 heavy (non-hydrogen) atoms. The topological polar surface area (TPSA) is 42.9 Å². The fraction of sp³-hybridized carbons (Fsp3) is 0.929. The van der Waals surface area contributed by atoms with E-state index in [0.29, 0.717) is 5.92 Å². The quantitative estimate of drug-likeness (QED) is 0.763. The molecule has 0 radical (unpaired) electrons. The Labute approximate surface area is 105 Å². The predicted octanol–water partition coefficient (Wildman–Crippen LogP) is 1.72. The van der Waals surface area contributed by atoms with Crippen LogP contribution in [0.3, 0.4) is 0 Å². The summed E-state index contributed by atoms with van der Waals surface area (Å²) in [7, 11) is 0. The zero-order chi connectivity index (χ0) is 13.1. The smallest absolute Gasteiger partial charge is 0.312 e. The molecule has 1 fully saturated rings. The molecule has 0 aromatic rings. The molecule has 1 saturated heterocycles. The van der Waals surface area contributed by atoms with Crippen LogP contribution in [0.2, 0.25) is 0 Å². The lowest BCUT2D eigenvalue weighted by molar-refractivity contribution is -0.665. The fourth-order valence-electron chi connectivity index (χ4n) is 2.23. The summed E-state index contributed by atoms with van der Waals surface area (Å²) >= 11 is 0. The number of ether oxygens (including phenoxy) is 1. The summed E-state index contributed by atoms with van der Waals surface area (Å²) in [5.74, 6) is 0.448. The lowest BCUT2D eigenvalue weighted by atomic mass is 9.82. The zero-order valence-electron chi connectivity index (χ0n) is 12.0. The molecule has 2 N–H and O–H groups in total. The van der Waals surface area contributed by atoms with E-state index in [1.165, 1.54) is 0 Å². The molecule has 0 bridgehead atoms. The maximum absolute atomic E-state index is 12.1. The number of hydrogen-bond donors (Lipinski definition) is 1. The molecule has 0 atom stereocenters. The van der Waals surface area contributed by atoms with E-state index in [1.54, 1.807) is 0 Å². The third-order valence-corrected chi connectivity index (χ3v) is 4.21. The third-order valence-electron chi connectivity index (χ3n) is 4.21. The molecule has 0 aliphatic carbocycles. The van der Waals surface area contributed by atoms with E-state index < -0.39 is 0 Å².